The summed E-state index contributed by atoms with van der Waals surface area (Å²) in [4.78, 5) is 4.08. The molecular formula is C12H20Cl2N2O. The first kappa shape index (κ1) is 18.6. The average molecular weight is 279 g/mol. The summed E-state index contributed by atoms with van der Waals surface area (Å²) in [5.74, 6) is 0.791. The van der Waals surface area contributed by atoms with Gasteiger partial charge in [-0.1, -0.05) is 12.2 Å². The highest BCUT2D eigenvalue weighted by atomic mass is 35.5. The van der Waals surface area contributed by atoms with Crippen LogP contribution in [-0.4, -0.2) is 25.2 Å². The van der Waals surface area contributed by atoms with E-state index in [9.17, 15) is 0 Å². The fourth-order valence-electron chi connectivity index (χ4n) is 1.16. The van der Waals surface area contributed by atoms with Crippen molar-refractivity contribution in [1.82, 2.24) is 10.3 Å². The molecule has 0 aromatic carbocycles. The number of pyridine rings is 1. The lowest BCUT2D eigenvalue weighted by Crippen LogP contribution is -2.19. The number of halogens is 2. The van der Waals surface area contributed by atoms with E-state index >= 15 is 0 Å². The van der Waals surface area contributed by atoms with Gasteiger partial charge in [-0.15, -0.1) is 24.8 Å². The molecular weight excluding hydrogens is 259 g/mol. The van der Waals surface area contributed by atoms with Crippen molar-refractivity contribution in [3.05, 3.63) is 30.1 Å². The summed E-state index contributed by atoms with van der Waals surface area (Å²) in [7, 11) is 3.61. The van der Waals surface area contributed by atoms with Crippen LogP contribution in [0.1, 0.15) is 18.9 Å². The molecule has 3 nitrogen and oxygen atoms in total. The van der Waals surface area contributed by atoms with Gasteiger partial charge in [-0.25, -0.2) is 0 Å². The van der Waals surface area contributed by atoms with Crippen LogP contribution in [0.3, 0.4) is 0 Å². The number of hydrogen-bond donors (Lipinski definition) is 1. The van der Waals surface area contributed by atoms with E-state index in [2.05, 4.69) is 29.4 Å². The third-order valence-corrected chi connectivity index (χ3v) is 2.26. The molecule has 1 atom stereocenters. The van der Waals surface area contributed by atoms with Crippen LogP contribution in [0.5, 0.6) is 5.75 Å². The molecule has 5 heteroatoms. The Morgan fingerprint density at radius 2 is 2.12 bits per heavy atom. The zero-order chi connectivity index (χ0) is 11.1. The summed E-state index contributed by atoms with van der Waals surface area (Å²) >= 11 is 0. The maximum atomic E-state index is 5.09. The van der Waals surface area contributed by atoms with Gasteiger partial charge in [0.05, 0.1) is 13.3 Å². The Morgan fingerprint density at radius 3 is 2.71 bits per heavy atom. The van der Waals surface area contributed by atoms with Crippen LogP contribution in [0.2, 0.25) is 0 Å². The van der Waals surface area contributed by atoms with Gasteiger partial charge in [0.15, 0.2) is 0 Å². The molecule has 1 rings (SSSR count). The van der Waals surface area contributed by atoms with Gasteiger partial charge >= 0.3 is 0 Å². The minimum absolute atomic E-state index is 0. The summed E-state index contributed by atoms with van der Waals surface area (Å²) in [6.07, 6.45) is 8.73. The Balaban J connectivity index is 0. The molecule has 0 aliphatic heterocycles. The van der Waals surface area contributed by atoms with E-state index in [0.29, 0.717) is 6.04 Å². The Hall–Kier alpha value is -0.770. The quantitative estimate of drug-likeness (QED) is 0.899. The normalized spacial score (nSPS) is 11.5. The van der Waals surface area contributed by atoms with Gasteiger partial charge in [-0.05, 0) is 32.0 Å². The number of methoxy groups -OCH3 is 1. The van der Waals surface area contributed by atoms with Crippen molar-refractivity contribution in [2.24, 2.45) is 0 Å². The molecule has 0 fully saturated rings. The van der Waals surface area contributed by atoms with E-state index in [4.69, 9.17) is 4.74 Å². The summed E-state index contributed by atoms with van der Waals surface area (Å²) in [5.41, 5.74) is 1.07. The molecule has 0 bridgehead atoms. The Labute approximate surface area is 115 Å². The standard InChI is InChI=1S/C12H18N2O.2ClH/c1-10(13-2)5-4-6-11-7-12(15-3)9-14-8-11;;/h4,6-10,13H,5H2,1-3H3;2*1H/b6-4+;;/t10-;;/m0../s1. The lowest BCUT2D eigenvalue weighted by molar-refractivity contribution is 0.413. The highest BCUT2D eigenvalue weighted by Crippen LogP contribution is 2.11. The second-order valence-corrected chi connectivity index (χ2v) is 3.49. The van der Waals surface area contributed by atoms with Crippen molar-refractivity contribution in [2.45, 2.75) is 19.4 Å². The van der Waals surface area contributed by atoms with Crippen molar-refractivity contribution < 1.29 is 4.74 Å². The topological polar surface area (TPSA) is 34.2 Å². The minimum Gasteiger partial charge on any atom is -0.495 e. The minimum atomic E-state index is 0. The predicted octanol–water partition coefficient (Wildman–Crippen LogP) is 2.95. The van der Waals surface area contributed by atoms with E-state index in [1.165, 1.54) is 0 Å². The molecule has 0 aliphatic rings. The molecule has 98 valence electrons. The molecule has 0 radical (unpaired) electrons. The Morgan fingerprint density at radius 1 is 1.41 bits per heavy atom. The zero-order valence-corrected chi connectivity index (χ0v) is 12.0. The van der Waals surface area contributed by atoms with E-state index in [1.54, 1.807) is 13.3 Å². The number of hydrogen-bond acceptors (Lipinski definition) is 3. The van der Waals surface area contributed by atoms with E-state index in [-0.39, 0.29) is 24.8 Å². The van der Waals surface area contributed by atoms with Crippen molar-refractivity contribution in [1.29, 1.82) is 0 Å². The van der Waals surface area contributed by atoms with E-state index in [0.717, 1.165) is 17.7 Å². The van der Waals surface area contributed by atoms with Crippen LogP contribution in [0.4, 0.5) is 0 Å². The van der Waals surface area contributed by atoms with Crippen molar-refractivity contribution in [3.63, 3.8) is 0 Å². The third kappa shape index (κ3) is 7.21. The van der Waals surface area contributed by atoms with Crippen molar-refractivity contribution in [3.8, 4) is 5.75 Å². The van der Waals surface area contributed by atoms with Crippen LogP contribution in [0.25, 0.3) is 6.08 Å². The number of aromatic nitrogens is 1. The molecule has 0 saturated heterocycles. The largest absolute Gasteiger partial charge is 0.495 e. The highest BCUT2D eigenvalue weighted by molar-refractivity contribution is 5.85. The summed E-state index contributed by atoms with van der Waals surface area (Å²) < 4.78 is 5.09. The molecule has 17 heavy (non-hydrogen) atoms. The van der Waals surface area contributed by atoms with Gasteiger partial charge in [0, 0.05) is 12.2 Å². The molecule has 0 spiro atoms. The van der Waals surface area contributed by atoms with Gasteiger partial charge in [0.2, 0.25) is 0 Å². The lowest BCUT2D eigenvalue weighted by atomic mass is 10.2. The van der Waals surface area contributed by atoms with E-state index in [1.807, 2.05) is 19.3 Å². The molecule has 1 N–H and O–H groups in total. The smallest absolute Gasteiger partial charge is 0.137 e. The molecule has 1 aromatic rings. The van der Waals surface area contributed by atoms with Crippen molar-refractivity contribution in [2.75, 3.05) is 14.2 Å². The molecule has 0 unspecified atom stereocenters. The van der Waals surface area contributed by atoms with Crippen LogP contribution in [0, 0.1) is 0 Å². The number of ether oxygens (including phenoxy) is 1. The summed E-state index contributed by atoms with van der Waals surface area (Å²) in [6.45, 7) is 2.15. The van der Waals surface area contributed by atoms with Crippen molar-refractivity contribution >= 4 is 30.9 Å². The van der Waals surface area contributed by atoms with Crippen LogP contribution in [0.15, 0.2) is 24.5 Å². The van der Waals surface area contributed by atoms with Crippen LogP contribution in [-0.2, 0) is 0 Å². The fourth-order valence-corrected chi connectivity index (χ4v) is 1.16. The highest BCUT2D eigenvalue weighted by Gasteiger charge is 1.94. The van der Waals surface area contributed by atoms with Gasteiger partial charge in [0.25, 0.3) is 0 Å². The first-order valence-corrected chi connectivity index (χ1v) is 5.09. The van der Waals surface area contributed by atoms with Gasteiger partial charge in [-0.2, -0.15) is 0 Å². The maximum Gasteiger partial charge on any atom is 0.137 e. The van der Waals surface area contributed by atoms with Crippen LogP contribution >= 0.6 is 24.8 Å². The second-order valence-electron chi connectivity index (χ2n) is 3.49. The van der Waals surface area contributed by atoms with Gasteiger partial charge < -0.3 is 10.1 Å². The van der Waals surface area contributed by atoms with Gasteiger partial charge in [-0.3, -0.25) is 4.98 Å². The predicted molar refractivity (Wildman–Crippen MR) is 77.5 cm³/mol. The number of nitrogens with zero attached hydrogens (tertiary/aromatic N) is 1. The maximum absolute atomic E-state index is 5.09. The monoisotopic (exact) mass is 278 g/mol. The molecule has 0 amide bonds. The van der Waals surface area contributed by atoms with E-state index < -0.39 is 0 Å². The lowest BCUT2D eigenvalue weighted by Gasteiger charge is -2.05. The zero-order valence-electron chi connectivity index (χ0n) is 10.3. The summed E-state index contributed by atoms with van der Waals surface area (Å²) in [6, 6.07) is 2.47. The first-order valence-electron chi connectivity index (χ1n) is 5.09. The third-order valence-electron chi connectivity index (χ3n) is 2.26. The second kappa shape index (κ2) is 10.4. The van der Waals surface area contributed by atoms with Gasteiger partial charge in [0.1, 0.15) is 5.75 Å². The fraction of sp³-hybridized carbons (Fsp3) is 0.417. The number of rotatable bonds is 5. The average Bonchev–Trinajstić information content (AvgIpc) is 2.29. The molecule has 0 saturated carbocycles. The molecule has 0 aliphatic carbocycles. The van der Waals surface area contributed by atoms with Crippen LogP contribution < -0.4 is 10.1 Å². The Bertz CT molecular complexity index is 332. The summed E-state index contributed by atoms with van der Waals surface area (Å²) in [5, 5.41) is 3.18. The Kier molecular flexibility index (Phi) is 11.4. The SMILES string of the molecule is CN[C@@H](C)C/C=C/c1cncc(OC)c1.Cl.Cl. The first-order chi connectivity index (χ1) is 7.26. The molecule has 1 aromatic heterocycles. The number of nitrogens with one attached hydrogen (secondary N) is 1. The molecule has 1 heterocycles.